The van der Waals surface area contributed by atoms with E-state index in [0.29, 0.717) is 61.2 Å². The van der Waals surface area contributed by atoms with Crippen LogP contribution in [-0.2, 0) is 10.5 Å². The predicted octanol–water partition coefficient (Wildman–Crippen LogP) is 7.03. The summed E-state index contributed by atoms with van der Waals surface area (Å²) in [6, 6.07) is 17.6. The maximum Gasteiger partial charge on any atom is 0.255 e. The van der Waals surface area contributed by atoms with Crippen LogP contribution in [0, 0.1) is 0 Å². The van der Waals surface area contributed by atoms with Crippen molar-refractivity contribution < 1.29 is 19.4 Å². The van der Waals surface area contributed by atoms with Gasteiger partial charge in [-0.25, -0.2) is 4.68 Å². The number of hydrogen-bond acceptors (Lipinski definition) is 8. The fourth-order valence-corrected chi connectivity index (χ4v) is 6.08. The monoisotopic (exact) mass is 655 g/mol. The summed E-state index contributed by atoms with van der Waals surface area (Å²) in [5, 5.41) is 22.8. The molecule has 5 rings (SSSR count). The summed E-state index contributed by atoms with van der Waals surface area (Å²) in [4.78, 5) is 18.6. The minimum atomic E-state index is -0.695. The number of anilines is 2. The number of phenolic OH excluding ortho intramolecular Hbond substituents is 1. The fraction of sp³-hybridized carbons (Fsp3) is 0.207. The Kier molecular flexibility index (Phi) is 8.77. The van der Waals surface area contributed by atoms with Crippen molar-refractivity contribution in [3.05, 3.63) is 92.6 Å². The van der Waals surface area contributed by atoms with Crippen LogP contribution >= 0.6 is 39.3 Å². The van der Waals surface area contributed by atoms with Crippen molar-refractivity contribution in [1.29, 1.82) is 0 Å². The number of hydrogen-bond donors (Lipinski definition) is 3. The number of allylic oxidation sites excluding steroid dienone is 1. The van der Waals surface area contributed by atoms with E-state index < -0.39 is 6.04 Å². The molecule has 0 saturated heterocycles. The van der Waals surface area contributed by atoms with Gasteiger partial charge >= 0.3 is 0 Å². The van der Waals surface area contributed by atoms with E-state index in [0.717, 1.165) is 5.56 Å². The second-order valence-electron chi connectivity index (χ2n) is 9.05. The number of carbonyl (C=O) groups is 1. The summed E-state index contributed by atoms with van der Waals surface area (Å²) < 4.78 is 13.2. The first-order valence-electron chi connectivity index (χ1n) is 12.7. The molecule has 1 atom stereocenters. The first kappa shape index (κ1) is 28.8. The molecule has 212 valence electrons. The van der Waals surface area contributed by atoms with Gasteiger partial charge in [0, 0.05) is 16.5 Å². The standard InChI is InChI=1S/C29H27BrClN5O4S/c1-4-40-23-14-18(13-19(30)26(23)37)25-24(27(38)33-21-11-7-8-12-22(21)39-3)16(2)32-28-34-29(35-36(25)28)41-15-17-9-5-6-10-20(17)31/h5-14,25,37H,4,15H2,1-3H3,(H,33,38)(H,32,34,35). The zero-order valence-electron chi connectivity index (χ0n) is 22.4. The number of halogens is 2. The molecule has 1 unspecified atom stereocenters. The van der Waals surface area contributed by atoms with Crippen molar-refractivity contribution in [2.45, 2.75) is 30.8 Å². The number of nitrogens with zero attached hydrogens (tertiary/aromatic N) is 3. The molecule has 0 fully saturated rings. The van der Waals surface area contributed by atoms with Gasteiger partial charge in [-0.3, -0.25) is 4.79 Å². The Morgan fingerprint density at radius 2 is 1.95 bits per heavy atom. The molecule has 0 aliphatic carbocycles. The summed E-state index contributed by atoms with van der Waals surface area (Å²) in [6.07, 6.45) is 0. The van der Waals surface area contributed by atoms with Crippen LogP contribution in [0.4, 0.5) is 11.6 Å². The number of rotatable bonds is 9. The number of amides is 1. The molecule has 0 spiro atoms. The van der Waals surface area contributed by atoms with Crippen LogP contribution in [-0.4, -0.2) is 39.5 Å². The van der Waals surface area contributed by atoms with Crippen LogP contribution in [0.15, 0.2) is 81.6 Å². The lowest BCUT2D eigenvalue weighted by Gasteiger charge is -2.29. The highest BCUT2D eigenvalue weighted by Crippen LogP contribution is 2.43. The number of phenols is 1. The van der Waals surface area contributed by atoms with E-state index in [1.54, 1.807) is 36.1 Å². The Labute approximate surface area is 255 Å². The number of ether oxygens (including phenoxy) is 2. The smallest absolute Gasteiger partial charge is 0.255 e. The van der Waals surface area contributed by atoms with Crippen molar-refractivity contribution >= 4 is 56.8 Å². The van der Waals surface area contributed by atoms with Crippen LogP contribution < -0.4 is 20.1 Å². The molecular weight excluding hydrogens is 630 g/mol. The molecule has 1 aliphatic rings. The van der Waals surface area contributed by atoms with Gasteiger partial charge in [-0.05, 0) is 71.2 Å². The maximum atomic E-state index is 13.9. The molecule has 0 saturated carbocycles. The van der Waals surface area contributed by atoms with Gasteiger partial charge in [0.2, 0.25) is 11.1 Å². The normalized spacial score (nSPS) is 14.3. The SMILES string of the molecule is CCOc1cc(C2C(C(=O)Nc3ccccc3OC)=C(C)Nc3nc(SCc4ccccc4Cl)nn32)cc(Br)c1O. The van der Waals surface area contributed by atoms with Gasteiger partial charge in [-0.15, -0.1) is 5.10 Å². The van der Waals surface area contributed by atoms with Gasteiger partial charge in [-0.1, -0.05) is 53.7 Å². The highest BCUT2D eigenvalue weighted by molar-refractivity contribution is 9.10. The first-order chi connectivity index (χ1) is 19.8. The van der Waals surface area contributed by atoms with Gasteiger partial charge in [0.25, 0.3) is 5.91 Å². The molecule has 0 radical (unpaired) electrons. The highest BCUT2D eigenvalue weighted by atomic mass is 79.9. The lowest BCUT2D eigenvalue weighted by molar-refractivity contribution is -0.113. The lowest BCUT2D eigenvalue weighted by atomic mass is 9.94. The van der Waals surface area contributed by atoms with Crippen molar-refractivity contribution in [2.75, 3.05) is 24.4 Å². The molecule has 1 amide bonds. The van der Waals surface area contributed by atoms with Gasteiger partial charge in [-0.2, -0.15) is 4.98 Å². The number of para-hydroxylation sites is 2. The quantitative estimate of drug-likeness (QED) is 0.165. The lowest BCUT2D eigenvalue weighted by Crippen LogP contribution is -2.31. The van der Waals surface area contributed by atoms with Gasteiger partial charge in [0.15, 0.2) is 11.5 Å². The Balaban J connectivity index is 1.57. The van der Waals surface area contributed by atoms with Crippen LogP contribution in [0.1, 0.15) is 31.0 Å². The second-order valence-corrected chi connectivity index (χ2v) is 11.2. The highest BCUT2D eigenvalue weighted by Gasteiger charge is 2.35. The van der Waals surface area contributed by atoms with Crippen molar-refractivity contribution in [3.8, 4) is 17.2 Å². The van der Waals surface area contributed by atoms with E-state index in [2.05, 4.69) is 26.6 Å². The molecule has 0 bridgehead atoms. The minimum Gasteiger partial charge on any atom is -0.503 e. The number of methoxy groups -OCH3 is 1. The minimum absolute atomic E-state index is 0.0277. The first-order valence-corrected chi connectivity index (χ1v) is 14.9. The van der Waals surface area contributed by atoms with Crippen LogP contribution in [0.3, 0.4) is 0 Å². The van der Waals surface area contributed by atoms with E-state index >= 15 is 0 Å². The maximum absolute atomic E-state index is 13.9. The van der Waals surface area contributed by atoms with Crippen molar-refractivity contribution in [3.63, 3.8) is 0 Å². The average Bonchev–Trinajstić information content (AvgIpc) is 3.36. The van der Waals surface area contributed by atoms with Crippen molar-refractivity contribution in [1.82, 2.24) is 14.8 Å². The zero-order valence-corrected chi connectivity index (χ0v) is 25.6. The van der Waals surface area contributed by atoms with Gasteiger partial charge in [0.1, 0.15) is 11.8 Å². The second kappa shape index (κ2) is 12.5. The summed E-state index contributed by atoms with van der Waals surface area (Å²) in [5.74, 6) is 1.49. The fourth-order valence-electron chi connectivity index (χ4n) is 4.51. The van der Waals surface area contributed by atoms with Crippen LogP contribution in [0.2, 0.25) is 5.02 Å². The Bertz CT molecular complexity index is 1640. The third kappa shape index (κ3) is 6.02. The molecule has 1 aliphatic heterocycles. The predicted molar refractivity (Wildman–Crippen MR) is 164 cm³/mol. The molecule has 12 heteroatoms. The summed E-state index contributed by atoms with van der Waals surface area (Å²) >= 11 is 11.2. The van der Waals surface area contributed by atoms with E-state index in [4.69, 9.17) is 31.2 Å². The van der Waals surface area contributed by atoms with E-state index in [1.807, 2.05) is 50.2 Å². The Morgan fingerprint density at radius 1 is 1.20 bits per heavy atom. The molecule has 4 aromatic rings. The van der Waals surface area contributed by atoms with Crippen molar-refractivity contribution in [2.24, 2.45) is 0 Å². The molecule has 2 heterocycles. The molecule has 3 aromatic carbocycles. The Morgan fingerprint density at radius 3 is 2.71 bits per heavy atom. The number of benzene rings is 3. The number of carbonyl (C=O) groups excluding carboxylic acids is 1. The van der Waals surface area contributed by atoms with E-state index in [1.165, 1.54) is 11.8 Å². The molecule has 1 aromatic heterocycles. The zero-order chi connectivity index (χ0) is 29.1. The molecule has 9 nitrogen and oxygen atoms in total. The van der Waals surface area contributed by atoms with E-state index in [9.17, 15) is 9.90 Å². The third-order valence-electron chi connectivity index (χ3n) is 6.41. The summed E-state index contributed by atoms with van der Waals surface area (Å²) in [7, 11) is 1.55. The largest absolute Gasteiger partial charge is 0.503 e. The third-order valence-corrected chi connectivity index (χ3v) is 8.27. The van der Waals surface area contributed by atoms with Crippen LogP contribution in [0.25, 0.3) is 0 Å². The van der Waals surface area contributed by atoms with Gasteiger partial charge in [0.05, 0.1) is 29.4 Å². The average molecular weight is 657 g/mol. The molecular formula is C29H27BrClN5O4S. The van der Waals surface area contributed by atoms with Crippen LogP contribution in [0.5, 0.6) is 17.2 Å². The number of nitrogens with one attached hydrogen (secondary N) is 2. The number of thioether (sulfide) groups is 1. The Hall–Kier alpha value is -3.67. The number of aromatic hydroxyl groups is 1. The van der Waals surface area contributed by atoms with E-state index in [-0.39, 0.29) is 17.4 Å². The number of aromatic nitrogens is 3. The van der Waals surface area contributed by atoms with Gasteiger partial charge < -0.3 is 25.2 Å². The topological polar surface area (TPSA) is 111 Å². The summed E-state index contributed by atoms with van der Waals surface area (Å²) in [5.41, 5.74) is 3.17. The molecule has 41 heavy (non-hydrogen) atoms. The number of fused-ring (bicyclic) bond motifs is 1. The summed E-state index contributed by atoms with van der Waals surface area (Å²) in [6.45, 7) is 4.00. The molecule has 3 N–H and O–H groups in total.